The highest BCUT2D eigenvalue weighted by molar-refractivity contribution is 7.10. The van der Waals surface area contributed by atoms with Gasteiger partial charge in [-0.3, -0.25) is 4.79 Å². The van der Waals surface area contributed by atoms with Crippen molar-refractivity contribution in [3.05, 3.63) is 28.0 Å². The Bertz CT molecular complexity index is 731. The van der Waals surface area contributed by atoms with Crippen LogP contribution in [0.3, 0.4) is 0 Å². The Morgan fingerprint density at radius 3 is 2.77 bits per heavy atom. The summed E-state index contributed by atoms with van der Waals surface area (Å²) < 4.78 is 0. The maximum absolute atomic E-state index is 13.4. The summed E-state index contributed by atoms with van der Waals surface area (Å²) in [6, 6.07) is 4.23. The zero-order chi connectivity index (χ0) is 17.9. The van der Waals surface area contributed by atoms with Gasteiger partial charge in [-0.2, -0.15) is 0 Å². The summed E-state index contributed by atoms with van der Waals surface area (Å²) >= 11 is 1.75. The van der Waals surface area contributed by atoms with Gasteiger partial charge in [-0.1, -0.05) is 32.8 Å². The van der Waals surface area contributed by atoms with Crippen molar-refractivity contribution in [3.63, 3.8) is 0 Å². The fourth-order valence-electron chi connectivity index (χ4n) is 7.64. The molecule has 0 N–H and O–H groups in total. The first-order valence-corrected chi connectivity index (χ1v) is 11.7. The highest BCUT2D eigenvalue weighted by Crippen LogP contribution is 2.66. The number of carbonyl (C=O) groups is 1. The van der Waals surface area contributed by atoms with Crippen LogP contribution in [-0.2, 0) is 4.79 Å². The fourth-order valence-corrected chi connectivity index (χ4v) is 8.32. The molecule has 4 aliphatic carbocycles. The van der Waals surface area contributed by atoms with Gasteiger partial charge in [0.25, 0.3) is 0 Å². The quantitative estimate of drug-likeness (QED) is 0.501. The van der Waals surface area contributed by atoms with Crippen molar-refractivity contribution >= 4 is 23.2 Å². The number of fused-ring (bicyclic) bond motifs is 5. The molecular formula is C24H32OS. The highest BCUT2D eigenvalue weighted by atomic mass is 32.1. The molecule has 0 bridgehead atoms. The largest absolute Gasteiger partial charge is 0.294 e. The SMILES string of the molecule is C[C@]12CCCC[C@@H]1CC[C@H]1[C@H]3C/C(=C\c4cccs4)C(=O)[C@@]3(C)CC[C@@H]12. The number of rotatable bonds is 1. The molecule has 0 unspecified atom stereocenters. The molecule has 26 heavy (non-hydrogen) atoms. The van der Waals surface area contributed by atoms with Crippen LogP contribution in [0, 0.1) is 34.5 Å². The summed E-state index contributed by atoms with van der Waals surface area (Å²) in [4.78, 5) is 14.6. The number of allylic oxidation sites excluding steroid dienone is 1. The fraction of sp³-hybridized carbons (Fsp3) is 0.708. The Morgan fingerprint density at radius 2 is 1.96 bits per heavy atom. The van der Waals surface area contributed by atoms with E-state index in [9.17, 15) is 4.79 Å². The molecule has 1 heterocycles. The summed E-state index contributed by atoms with van der Waals surface area (Å²) in [5, 5.41) is 2.11. The van der Waals surface area contributed by atoms with E-state index in [-0.39, 0.29) is 5.41 Å². The average Bonchev–Trinajstić information content (AvgIpc) is 3.23. The average molecular weight is 369 g/mol. The molecule has 0 saturated heterocycles. The molecule has 1 aromatic rings. The van der Waals surface area contributed by atoms with E-state index in [1.807, 2.05) is 0 Å². The molecule has 4 saturated carbocycles. The molecule has 6 atom stereocenters. The second kappa shape index (κ2) is 6.06. The molecule has 1 aromatic heterocycles. The second-order valence-corrected chi connectivity index (χ2v) is 11.1. The van der Waals surface area contributed by atoms with Gasteiger partial charge >= 0.3 is 0 Å². The molecule has 0 aromatic carbocycles. The van der Waals surface area contributed by atoms with E-state index >= 15 is 0 Å². The third-order valence-corrected chi connectivity index (χ3v) is 9.90. The molecule has 5 rings (SSSR count). The predicted octanol–water partition coefficient (Wildman–Crippen LogP) is 6.74. The lowest BCUT2D eigenvalue weighted by atomic mass is 9.45. The van der Waals surface area contributed by atoms with Crippen molar-refractivity contribution in [3.8, 4) is 0 Å². The lowest BCUT2D eigenvalue weighted by Crippen LogP contribution is -2.52. The maximum atomic E-state index is 13.4. The van der Waals surface area contributed by atoms with Crippen LogP contribution in [-0.4, -0.2) is 5.78 Å². The molecule has 4 fully saturated rings. The Kier molecular flexibility index (Phi) is 4.01. The van der Waals surface area contributed by atoms with E-state index in [0.717, 1.165) is 36.2 Å². The van der Waals surface area contributed by atoms with Crippen molar-refractivity contribution in [1.29, 1.82) is 0 Å². The zero-order valence-electron chi connectivity index (χ0n) is 16.3. The molecule has 4 aliphatic rings. The van der Waals surface area contributed by atoms with Crippen LogP contribution in [0.5, 0.6) is 0 Å². The summed E-state index contributed by atoms with van der Waals surface area (Å²) in [7, 11) is 0. The van der Waals surface area contributed by atoms with E-state index in [0.29, 0.717) is 17.1 Å². The second-order valence-electron chi connectivity index (χ2n) is 10.1. The van der Waals surface area contributed by atoms with E-state index in [1.165, 1.54) is 49.8 Å². The van der Waals surface area contributed by atoms with Crippen LogP contribution >= 0.6 is 11.3 Å². The lowest BCUT2D eigenvalue weighted by molar-refractivity contribution is -0.137. The van der Waals surface area contributed by atoms with E-state index in [4.69, 9.17) is 0 Å². The normalized spacial score (nSPS) is 46.7. The van der Waals surface area contributed by atoms with Gasteiger partial charge in [-0.15, -0.1) is 11.3 Å². The first kappa shape index (κ1) is 17.2. The van der Waals surface area contributed by atoms with E-state index in [1.54, 1.807) is 11.3 Å². The smallest absolute Gasteiger partial charge is 0.165 e. The predicted molar refractivity (Wildman–Crippen MR) is 109 cm³/mol. The third kappa shape index (κ3) is 2.37. The van der Waals surface area contributed by atoms with Crippen molar-refractivity contribution in [2.45, 2.75) is 71.6 Å². The Hall–Kier alpha value is -0.890. The van der Waals surface area contributed by atoms with Gasteiger partial charge in [0.15, 0.2) is 5.78 Å². The molecule has 2 heteroatoms. The molecule has 0 radical (unpaired) electrons. The minimum absolute atomic E-state index is 0.0812. The maximum Gasteiger partial charge on any atom is 0.165 e. The van der Waals surface area contributed by atoms with Gasteiger partial charge in [0.1, 0.15) is 0 Å². The van der Waals surface area contributed by atoms with Gasteiger partial charge < -0.3 is 0 Å². The number of thiophene rings is 1. The van der Waals surface area contributed by atoms with Crippen LogP contribution in [0.2, 0.25) is 0 Å². The molecule has 0 spiro atoms. The minimum Gasteiger partial charge on any atom is -0.294 e. The standard InChI is InChI=1S/C24H32OS/c1-23-11-4-3-6-17(23)8-9-19-20(23)10-12-24(2)21(19)15-16(22(24)25)14-18-7-5-13-26-18/h5,7,13-14,17,19-21H,3-4,6,8-12,15H2,1-2H3/b16-14+/t17-,19-,20+,21-,23+,24+/m1/s1. The first-order valence-electron chi connectivity index (χ1n) is 10.8. The first-order chi connectivity index (χ1) is 12.5. The van der Waals surface area contributed by atoms with Crippen molar-refractivity contribution in [1.82, 2.24) is 0 Å². The lowest BCUT2D eigenvalue weighted by Gasteiger charge is -2.59. The highest BCUT2D eigenvalue weighted by Gasteiger charge is 2.60. The zero-order valence-corrected chi connectivity index (χ0v) is 17.1. The molecule has 140 valence electrons. The van der Waals surface area contributed by atoms with Crippen LogP contribution in [0.25, 0.3) is 6.08 Å². The van der Waals surface area contributed by atoms with Crippen LogP contribution < -0.4 is 0 Å². The minimum atomic E-state index is -0.0812. The number of Topliss-reactive ketones (excluding diaryl/α,β-unsaturated/α-hetero) is 1. The summed E-state index contributed by atoms with van der Waals surface area (Å²) in [6.45, 7) is 4.93. The van der Waals surface area contributed by atoms with Crippen molar-refractivity contribution in [2.75, 3.05) is 0 Å². The van der Waals surface area contributed by atoms with Gasteiger partial charge in [0, 0.05) is 10.3 Å². The Labute approximate surface area is 162 Å². The van der Waals surface area contributed by atoms with E-state index in [2.05, 4.69) is 37.4 Å². The van der Waals surface area contributed by atoms with E-state index < -0.39 is 0 Å². The van der Waals surface area contributed by atoms with Crippen LogP contribution in [0.15, 0.2) is 23.1 Å². The van der Waals surface area contributed by atoms with Gasteiger partial charge in [0.05, 0.1) is 0 Å². The summed E-state index contributed by atoms with van der Waals surface area (Å²) in [6.07, 6.45) is 14.2. The third-order valence-electron chi connectivity index (χ3n) is 9.08. The number of hydrogen-bond acceptors (Lipinski definition) is 2. The van der Waals surface area contributed by atoms with Crippen LogP contribution in [0.4, 0.5) is 0 Å². The van der Waals surface area contributed by atoms with Gasteiger partial charge in [-0.05, 0) is 97.1 Å². The number of hydrogen-bond donors (Lipinski definition) is 0. The number of carbonyl (C=O) groups excluding carboxylic acids is 1. The van der Waals surface area contributed by atoms with Crippen molar-refractivity contribution < 1.29 is 4.79 Å². The summed E-state index contributed by atoms with van der Waals surface area (Å²) in [5.41, 5.74) is 1.60. The van der Waals surface area contributed by atoms with Crippen LogP contribution in [0.1, 0.15) is 76.5 Å². The molecular weight excluding hydrogens is 336 g/mol. The van der Waals surface area contributed by atoms with Gasteiger partial charge in [0.2, 0.25) is 0 Å². The number of ketones is 1. The molecule has 1 nitrogen and oxygen atoms in total. The topological polar surface area (TPSA) is 17.1 Å². The van der Waals surface area contributed by atoms with Crippen molar-refractivity contribution in [2.24, 2.45) is 34.5 Å². The van der Waals surface area contributed by atoms with Gasteiger partial charge in [-0.25, -0.2) is 0 Å². The summed E-state index contributed by atoms with van der Waals surface area (Å²) in [5.74, 6) is 3.69. The Morgan fingerprint density at radius 1 is 1.08 bits per heavy atom. The molecule has 0 aliphatic heterocycles. The Balaban J connectivity index is 1.47. The monoisotopic (exact) mass is 368 g/mol. The molecule has 0 amide bonds.